The Morgan fingerprint density at radius 2 is 2.07 bits per heavy atom. The number of amides is 1. The number of rotatable bonds is 5. The van der Waals surface area contributed by atoms with E-state index >= 15 is 0 Å². The first-order valence-corrected chi connectivity index (χ1v) is 9.16. The minimum absolute atomic E-state index is 0.167. The van der Waals surface area contributed by atoms with Gasteiger partial charge < -0.3 is 10.1 Å². The molecule has 0 atom stereocenters. The van der Waals surface area contributed by atoms with Crippen LogP contribution in [0, 0.1) is 5.82 Å². The van der Waals surface area contributed by atoms with Crippen LogP contribution < -0.4 is 10.1 Å². The Hall–Kier alpha value is -3.19. The van der Waals surface area contributed by atoms with E-state index in [4.69, 9.17) is 4.74 Å². The number of hydrogen-bond acceptors (Lipinski definition) is 4. The Kier molecular flexibility index (Phi) is 4.60. The lowest BCUT2D eigenvalue weighted by atomic mass is 10.1. The molecule has 0 spiro atoms. The normalized spacial score (nSPS) is 10.9. The zero-order valence-electron chi connectivity index (χ0n) is 14.5. The van der Waals surface area contributed by atoms with Crippen LogP contribution in [0.5, 0.6) is 5.75 Å². The van der Waals surface area contributed by atoms with E-state index < -0.39 is 0 Å². The Labute approximate surface area is 159 Å². The van der Waals surface area contributed by atoms with Crippen molar-refractivity contribution in [2.24, 2.45) is 0 Å². The number of anilines is 1. The van der Waals surface area contributed by atoms with Crippen LogP contribution in [-0.4, -0.2) is 22.4 Å². The average Bonchev–Trinajstić information content (AvgIpc) is 3.25. The molecule has 1 N–H and O–H groups in total. The van der Waals surface area contributed by atoms with Crippen molar-refractivity contribution < 1.29 is 13.9 Å². The molecule has 2 aromatic heterocycles. The van der Waals surface area contributed by atoms with Gasteiger partial charge in [-0.1, -0.05) is 12.1 Å². The van der Waals surface area contributed by atoms with E-state index in [0.29, 0.717) is 17.3 Å². The summed E-state index contributed by atoms with van der Waals surface area (Å²) in [7, 11) is 1.59. The first-order valence-electron chi connectivity index (χ1n) is 8.28. The van der Waals surface area contributed by atoms with E-state index in [1.54, 1.807) is 19.2 Å². The summed E-state index contributed by atoms with van der Waals surface area (Å²) in [5.41, 5.74) is 2.20. The highest BCUT2D eigenvalue weighted by Gasteiger charge is 2.17. The minimum Gasteiger partial charge on any atom is -0.497 e. The summed E-state index contributed by atoms with van der Waals surface area (Å²) in [5.74, 6) is 0.797. The SMILES string of the molecule is COc1cccc(CC(=O)Nc2c(-c3ccc(F)cc3)nc3sccn23)c1. The van der Waals surface area contributed by atoms with Crippen molar-refractivity contribution in [2.45, 2.75) is 6.42 Å². The van der Waals surface area contributed by atoms with E-state index in [0.717, 1.165) is 16.1 Å². The van der Waals surface area contributed by atoms with Crippen LogP contribution in [0.2, 0.25) is 0 Å². The highest BCUT2D eigenvalue weighted by molar-refractivity contribution is 7.15. The topological polar surface area (TPSA) is 55.6 Å². The smallest absolute Gasteiger partial charge is 0.229 e. The van der Waals surface area contributed by atoms with Gasteiger partial charge in [-0.05, 0) is 42.0 Å². The summed E-state index contributed by atoms with van der Waals surface area (Å²) in [4.78, 5) is 18.0. The number of nitrogens with zero attached hydrogens (tertiary/aromatic N) is 2. The van der Waals surface area contributed by atoms with Crippen molar-refractivity contribution in [3.05, 3.63) is 71.5 Å². The molecule has 2 aromatic carbocycles. The fourth-order valence-corrected chi connectivity index (χ4v) is 3.57. The number of hydrogen-bond donors (Lipinski definition) is 1. The van der Waals surface area contributed by atoms with Crippen LogP contribution in [0.1, 0.15) is 5.56 Å². The largest absolute Gasteiger partial charge is 0.497 e. The third-order valence-corrected chi connectivity index (χ3v) is 4.89. The monoisotopic (exact) mass is 381 g/mol. The molecule has 0 aliphatic carbocycles. The summed E-state index contributed by atoms with van der Waals surface area (Å²) in [6.07, 6.45) is 2.05. The third kappa shape index (κ3) is 3.54. The molecule has 0 fully saturated rings. The van der Waals surface area contributed by atoms with Crippen molar-refractivity contribution in [1.29, 1.82) is 0 Å². The second-order valence-corrected chi connectivity index (χ2v) is 6.82. The average molecular weight is 381 g/mol. The molecule has 4 rings (SSSR count). The van der Waals surface area contributed by atoms with E-state index in [2.05, 4.69) is 10.3 Å². The number of aromatic nitrogens is 2. The lowest BCUT2D eigenvalue weighted by Gasteiger charge is -2.08. The molecule has 0 saturated carbocycles. The third-order valence-electron chi connectivity index (χ3n) is 4.14. The molecule has 4 aromatic rings. The molecule has 0 aliphatic rings. The highest BCUT2D eigenvalue weighted by Crippen LogP contribution is 2.31. The van der Waals surface area contributed by atoms with Crippen molar-refractivity contribution >= 4 is 28.0 Å². The van der Waals surface area contributed by atoms with Gasteiger partial charge in [0.15, 0.2) is 4.96 Å². The predicted molar refractivity (Wildman–Crippen MR) is 104 cm³/mol. The number of halogens is 1. The molecule has 0 unspecified atom stereocenters. The Morgan fingerprint density at radius 3 is 2.85 bits per heavy atom. The van der Waals surface area contributed by atoms with E-state index in [1.807, 2.05) is 40.2 Å². The molecule has 1 amide bonds. The molecule has 7 heteroatoms. The quantitative estimate of drug-likeness (QED) is 0.558. The molecular weight excluding hydrogens is 365 g/mol. The molecular formula is C20H16FN3O2S. The summed E-state index contributed by atoms with van der Waals surface area (Å²) in [6, 6.07) is 13.5. The fraction of sp³-hybridized carbons (Fsp3) is 0.100. The van der Waals surface area contributed by atoms with E-state index in [9.17, 15) is 9.18 Å². The maximum atomic E-state index is 13.3. The number of benzene rings is 2. The molecule has 0 radical (unpaired) electrons. The second-order valence-electron chi connectivity index (χ2n) is 5.95. The van der Waals surface area contributed by atoms with Gasteiger partial charge in [0.2, 0.25) is 5.91 Å². The van der Waals surface area contributed by atoms with Gasteiger partial charge in [-0.15, -0.1) is 11.3 Å². The number of ether oxygens (including phenoxy) is 1. The number of nitrogens with one attached hydrogen (secondary N) is 1. The zero-order valence-corrected chi connectivity index (χ0v) is 15.3. The van der Waals surface area contributed by atoms with Crippen molar-refractivity contribution in [2.75, 3.05) is 12.4 Å². The molecule has 27 heavy (non-hydrogen) atoms. The first-order chi connectivity index (χ1) is 13.1. The van der Waals surface area contributed by atoms with Crippen LogP contribution in [0.25, 0.3) is 16.2 Å². The number of thiazole rings is 1. The van der Waals surface area contributed by atoms with Crippen LogP contribution in [-0.2, 0) is 11.2 Å². The standard InChI is InChI=1S/C20H16FN3O2S/c1-26-16-4-2-3-13(11-16)12-17(25)22-19-18(14-5-7-15(21)8-6-14)23-20-24(19)9-10-27-20/h2-11H,12H2,1H3,(H,22,25). The second kappa shape index (κ2) is 7.20. The number of imidazole rings is 1. The molecule has 2 heterocycles. The van der Waals surface area contributed by atoms with Crippen LogP contribution >= 0.6 is 11.3 Å². The van der Waals surface area contributed by atoms with Crippen LogP contribution in [0.4, 0.5) is 10.2 Å². The van der Waals surface area contributed by atoms with E-state index in [-0.39, 0.29) is 18.1 Å². The minimum atomic E-state index is -0.316. The Morgan fingerprint density at radius 1 is 1.26 bits per heavy atom. The van der Waals surface area contributed by atoms with Crippen LogP contribution in [0.15, 0.2) is 60.1 Å². The zero-order chi connectivity index (χ0) is 18.8. The van der Waals surface area contributed by atoms with E-state index in [1.165, 1.54) is 23.5 Å². The van der Waals surface area contributed by atoms with Gasteiger partial charge >= 0.3 is 0 Å². The van der Waals surface area contributed by atoms with Crippen molar-refractivity contribution in [3.63, 3.8) is 0 Å². The van der Waals surface area contributed by atoms with Gasteiger partial charge in [-0.25, -0.2) is 9.37 Å². The summed E-state index contributed by atoms with van der Waals surface area (Å²) >= 11 is 1.47. The van der Waals surface area contributed by atoms with Crippen LogP contribution in [0.3, 0.4) is 0 Å². The number of methoxy groups -OCH3 is 1. The van der Waals surface area contributed by atoms with Gasteiger partial charge in [0.25, 0.3) is 0 Å². The number of fused-ring (bicyclic) bond motifs is 1. The lowest BCUT2D eigenvalue weighted by molar-refractivity contribution is -0.115. The van der Waals surface area contributed by atoms with Gasteiger partial charge in [-0.3, -0.25) is 9.20 Å². The summed E-state index contributed by atoms with van der Waals surface area (Å²) in [5, 5.41) is 4.85. The number of carbonyl (C=O) groups is 1. The maximum Gasteiger partial charge on any atom is 0.229 e. The fourth-order valence-electron chi connectivity index (χ4n) is 2.86. The van der Waals surface area contributed by atoms with Crippen molar-refractivity contribution in [1.82, 2.24) is 9.38 Å². The number of carbonyl (C=O) groups excluding carboxylic acids is 1. The molecule has 136 valence electrons. The Bertz CT molecular complexity index is 1100. The lowest BCUT2D eigenvalue weighted by Crippen LogP contribution is -2.16. The van der Waals surface area contributed by atoms with Gasteiger partial charge in [0, 0.05) is 17.1 Å². The van der Waals surface area contributed by atoms with Gasteiger partial charge in [-0.2, -0.15) is 0 Å². The molecule has 0 bridgehead atoms. The van der Waals surface area contributed by atoms with Crippen molar-refractivity contribution in [3.8, 4) is 17.0 Å². The molecule has 0 aliphatic heterocycles. The van der Waals surface area contributed by atoms with Gasteiger partial charge in [0.1, 0.15) is 23.1 Å². The van der Waals surface area contributed by atoms with Gasteiger partial charge in [0.05, 0.1) is 13.5 Å². The highest BCUT2D eigenvalue weighted by atomic mass is 32.1. The molecule has 0 saturated heterocycles. The summed E-state index contributed by atoms with van der Waals surface area (Å²) < 4.78 is 20.3. The maximum absolute atomic E-state index is 13.3. The summed E-state index contributed by atoms with van der Waals surface area (Å²) in [6.45, 7) is 0. The first kappa shape index (κ1) is 17.2. The predicted octanol–water partition coefficient (Wildman–Crippen LogP) is 4.39. The molecule has 5 nitrogen and oxygen atoms in total. The Balaban J connectivity index is 1.64.